The highest BCUT2D eigenvalue weighted by molar-refractivity contribution is 6.48. The van der Waals surface area contributed by atoms with Crippen molar-refractivity contribution in [1.29, 1.82) is 0 Å². The molecule has 0 radical (unpaired) electrons. The molecule has 2 fully saturated rings. The SMILES string of the molecule is CCC1(C(=O)O)CN(C(=O)OC(C)(C)C)CCC1B1OC(C)(C)C(C)(C)O1. The van der Waals surface area contributed by atoms with Crippen molar-refractivity contribution in [2.75, 3.05) is 13.1 Å². The number of amides is 1. The van der Waals surface area contributed by atoms with Crippen molar-refractivity contribution in [2.45, 2.75) is 90.9 Å². The van der Waals surface area contributed by atoms with Crippen LogP contribution in [0.1, 0.15) is 68.2 Å². The summed E-state index contributed by atoms with van der Waals surface area (Å²) in [6.45, 7) is 15.6. The summed E-state index contributed by atoms with van der Waals surface area (Å²) in [4.78, 5) is 26.4. The summed E-state index contributed by atoms with van der Waals surface area (Å²) in [5.41, 5.74) is -2.83. The Morgan fingerprint density at radius 2 is 1.70 bits per heavy atom. The van der Waals surface area contributed by atoms with E-state index in [4.69, 9.17) is 14.0 Å². The smallest absolute Gasteiger partial charge is 0.462 e. The van der Waals surface area contributed by atoms with Crippen molar-refractivity contribution < 1.29 is 28.7 Å². The molecule has 2 aliphatic rings. The standard InChI is InChI=1S/C19H34BNO6/c1-9-19(14(22)23)12-21(15(24)25-16(2,3)4)11-10-13(19)20-26-17(5,6)18(7,8)27-20/h13H,9-12H2,1-8H3,(H,22,23). The van der Waals surface area contributed by atoms with E-state index >= 15 is 0 Å². The number of hydrogen-bond acceptors (Lipinski definition) is 5. The maximum absolute atomic E-state index is 12.5. The zero-order valence-electron chi connectivity index (χ0n) is 17.9. The highest BCUT2D eigenvalue weighted by atomic mass is 16.7. The van der Waals surface area contributed by atoms with Gasteiger partial charge in [0.1, 0.15) is 5.60 Å². The average molecular weight is 383 g/mol. The third-order valence-corrected chi connectivity index (χ3v) is 6.20. The van der Waals surface area contributed by atoms with Gasteiger partial charge in [-0.2, -0.15) is 0 Å². The topological polar surface area (TPSA) is 85.3 Å². The van der Waals surface area contributed by atoms with Crippen molar-refractivity contribution in [3.05, 3.63) is 0 Å². The number of nitrogens with zero attached hydrogens (tertiary/aromatic N) is 1. The van der Waals surface area contributed by atoms with Gasteiger partial charge in [-0.15, -0.1) is 0 Å². The van der Waals surface area contributed by atoms with Crippen molar-refractivity contribution in [1.82, 2.24) is 4.90 Å². The van der Waals surface area contributed by atoms with Crippen LogP contribution in [0.4, 0.5) is 4.79 Å². The fraction of sp³-hybridized carbons (Fsp3) is 0.895. The first kappa shape index (κ1) is 22.0. The fourth-order valence-electron chi connectivity index (χ4n) is 3.79. The minimum Gasteiger partial charge on any atom is -0.481 e. The van der Waals surface area contributed by atoms with Crippen molar-refractivity contribution in [3.8, 4) is 0 Å². The van der Waals surface area contributed by atoms with E-state index in [2.05, 4.69) is 0 Å². The molecule has 7 nitrogen and oxygen atoms in total. The number of hydrogen-bond donors (Lipinski definition) is 1. The number of likely N-dealkylation sites (tertiary alicyclic amines) is 1. The molecular formula is C19H34BNO6. The maximum Gasteiger partial charge on any atom is 0.462 e. The highest BCUT2D eigenvalue weighted by Crippen LogP contribution is 2.50. The first-order valence-electron chi connectivity index (χ1n) is 9.72. The van der Waals surface area contributed by atoms with Gasteiger partial charge >= 0.3 is 19.2 Å². The summed E-state index contributed by atoms with van der Waals surface area (Å²) >= 11 is 0. The molecule has 0 aromatic rings. The zero-order chi connectivity index (χ0) is 20.8. The van der Waals surface area contributed by atoms with E-state index in [1.165, 1.54) is 4.90 Å². The van der Waals surface area contributed by atoms with Gasteiger partial charge in [-0.25, -0.2) is 4.79 Å². The molecule has 2 heterocycles. The first-order valence-corrected chi connectivity index (χ1v) is 9.72. The molecule has 1 N–H and O–H groups in total. The van der Waals surface area contributed by atoms with Gasteiger partial charge in [0.2, 0.25) is 0 Å². The molecule has 0 saturated carbocycles. The monoisotopic (exact) mass is 383 g/mol. The van der Waals surface area contributed by atoms with E-state index in [-0.39, 0.29) is 12.4 Å². The molecule has 0 spiro atoms. The summed E-state index contributed by atoms with van der Waals surface area (Å²) in [7, 11) is -0.619. The Balaban J connectivity index is 2.28. The van der Waals surface area contributed by atoms with Crippen LogP contribution in [0.3, 0.4) is 0 Å². The van der Waals surface area contributed by atoms with Crippen LogP contribution >= 0.6 is 0 Å². The van der Waals surface area contributed by atoms with E-state index in [9.17, 15) is 14.7 Å². The lowest BCUT2D eigenvalue weighted by Gasteiger charge is -2.45. The maximum atomic E-state index is 12.5. The summed E-state index contributed by atoms with van der Waals surface area (Å²) in [5.74, 6) is -1.28. The van der Waals surface area contributed by atoms with Gasteiger partial charge in [0.15, 0.2) is 0 Å². The van der Waals surface area contributed by atoms with E-state index in [1.54, 1.807) is 20.8 Å². The third-order valence-electron chi connectivity index (χ3n) is 6.20. The molecule has 0 aliphatic carbocycles. The molecule has 0 bridgehead atoms. The predicted octanol–water partition coefficient (Wildman–Crippen LogP) is 3.57. The predicted molar refractivity (Wildman–Crippen MR) is 103 cm³/mol. The number of carbonyl (C=O) groups excluding carboxylic acids is 1. The Bertz CT molecular complexity index is 583. The Morgan fingerprint density at radius 1 is 1.19 bits per heavy atom. The number of carbonyl (C=O) groups is 2. The van der Waals surface area contributed by atoms with Gasteiger partial charge in [0.25, 0.3) is 0 Å². The number of piperidine rings is 1. The number of carboxylic acids is 1. The quantitative estimate of drug-likeness (QED) is 0.750. The Kier molecular flexibility index (Phi) is 5.67. The summed E-state index contributed by atoms with van der Waals surface area (Å²) < 4.78 is 17.8. The van der Waals surface area contributed by atoms with Crippen LogP contribution in [0.25, 0.3) is 0 Å². The molecule has 8 heteroatoms. The second-order valence-electron chi connectivity index (χ2n) is 9.74. The minimum absolute atomic E-state index is 0.0858. The fourth-order valence-corrected chi connectivity index (χ4v) is 3.79. The Labute approximate surface area is 162 Å². The molecule has 2 saturated heterocycles. The number of ether oxygens (including phenoxy) is 1. The van der Waals surface area contributed by atoms with Crippen LogP contribution in [0.2, 0.25) is 5.82 Å². The van der Waals surface area contributed by atoms with Crippen molar-refractivity contribution in [2.24, 2.45) is 5.41 Å². The molecular weight excluding hydrogens is 349 g/mol. The molecule has 27 heavy (non-hydrogen) atoms. The second-order valence-corrected chi connectivity index (χ2v) is 9.74. The van der Waals surface area contributed by atoms with Crippen LogP contribution in [-0.2, 0) is 18.8 Å². The zero-order valence-corrected chi connectivity index (χ0v) is 17.9. The second kappa shape index (κ2) is 6.96. The molecule has 2 atom stereocenters. The van der Waals surface area contributed by atoms with E-state index in [0.29, 0.717) is 19.4 Å². The summed E-state index contributed by atoms with van der Waals surface area (Å²) in [6, 6.07) is 0. The van der Waals surface area contributed by atoms with Gasteiger partial charge in [-0.1, -0.05) is 6.92 Å². The molecule has 2 aliphatic heterocycles. The van der Waals surface area contributed by atoms with Crippen molar-refractivity contribution >= 4 is 19.2 Å². The van der Waals surface area contributed by atoms with Gasteiger partial charge in [0, 0.05) is 18.9 Å². The first-order chi connectivity index (χ1) is 12.2. The molecule has 2 unspecified atom stereocenters. The van der Waals surface area contributed by atoms with Crippen molar-refractivity contribution in [3.63, 3.8) is 0 Å². The van der Waals surface area contributed by atoms with Crippen LogP contribution in [-0.4, -0.2) is 59.1 Å². The number of aliphatic carboxylic acids is 1. The Hall–Kier alpha value is -1.28. The summed E-state index contributed by atoms with van der Waals surface area (Å²) in [5, 5.41) is 10.1. The molecule has 0 aromatic carbocycles. The molecule has 154 valence electrons. The lowest BCUT2D eigenvalue weighted by Crippen LogP contribution is -2.56. The van der Waals surface area contributed by atoms with E-state index in [0.717, 1.165) is 0 Å². The van der Waals surface area contributed by atoms with E-state index in [1.807, 2.05) is 34.6 Å². The Morgan fingerprint density at radius 3 is 2.11 bits per heavy atom. The number of carboxylic acid groups (broad SMARTS) is 1. The normalized spacial score (nSPS) is 30.3. The van der Waals surface area contributed by atoms with Gasteiger partial charge in [-0.3, -0.25) is 4.79 Å². The third kappa shape index (κ3) is 4.11. The number of rotatable bonds is 3. The highest BCUT2D eigenvalue weighted by Gasteiger charge is 2.61. The van der Waals surface area contributed by atoms with Crippen LogP contribution in [0.5, 0.6) is 0 Å². The largest absolute Gasteiger partial charge is 0.481 e. The average Bonchev–Trinajstić information content (AvgIpc) is 2.72. The van der Waals surface area contributed by atoms with Crippen LogP contribution in [0, 0.1) is 5.41 Å². The summed E-state index contributed by atoms with van der Waals surface area (Å²) in [6.07, 6.45) is 0.376. The molecule has 0 aromatic heterocycles. The van der Waals surface area contributed by atoms with E-state index < -0.39 is 41.4 Å². The lowest BCUT2D eigenvalue weighted by atomic mass is 9.53. The molecule has 1 amide bonds. The lowest BCUT2D eigenvalue weighted by molar-refractivity contribution is -0.153. The molecule has 2 rings (SSSR count). The van der Waals surface area contributed by atoms with Gasteiger partial charge in [-0.05, 0) is 61.3 Å². The van der Waals surface area contributed by atoms with Gasteiger partial charge in [0.05, 0.1) is 16.6 Å². The van der Waals surface area contributed by atoms with Gasteiger partial charge < -0.3 is 24.1 Å². The van der Waals surface area contributed by atoms with Crippen LogP contribution < -0.4 is 0 Å². The minimum atomic E-state index is -1.14. The van der Waals surface area contributed by atoms with Crippen LogP contribution in [0.15, 0.2) is 0 Å².